The number of anilines is 1. The maximum atomic E-state index is 13.7. The molecule has 3 N–H and O–H groups in total. The summed E-state index contributed by atoms with van der Waals surface area (Å²) in [7, 11) is 0. The molecule has 1 heterocycles. The van der Waals surface area contributed by atoms with Gasteiger partial charge >= 0.3 is 0 Å². The Hall–Kier alpha value is -2.00. The number of hydrogen-bond donors (Lipinski definition) is 2. The third-order valence-electron chi connectivity index (χ3n) is 3.35. The van der Waals surface area contributed by atoms with Crippen molar-refractivity contribution in [3.63, 3.8) is 0 Å². The minimum atomic E-state index is -0.729. The molecule has 0 aliphatic heterocycles. The number of nitrogens with zero attached hydrogens (tertiary/aromatic N) is 2. The first kappa shape index (κ1) is 19.3. The number of aromatic nitrogens is 2. The largest absolute Gasteiger partial charge is 0.472 e. The quantitative estimate of drug-likeness (QED) is 0.724. The van der Waals surface area contributed by atoms with Crippen molar-refractivity contribution >= 4 is 21.9 Å². The van der Waals surface area contributed by atoms with Gasteiger partial charge in [-0.2, -0.15) is 4.98 Å². The van der Waals surface area contributed by atoms with Gasteiger partial charge in [-0.05, 0) is 41.9 Å². The molecular formula is C16H19BrF2N4O2. The summed E-state index contributed by atoms with van der Waals surface area (Å²) in [6.45, 7) is 4.28. The molecule has 0 saturated heterocycles. The van der Waals surface area contributed by atoms with Gasteiger partial charge in [-0.1, -0.05) is 0 Å². The molecule has 0 aliphatic rings. The van der Waals surface area contributed by atoms with Crippen LogP contribution in [0.4, 0.5) is 14.7 Å². The van der Waals surface area contributed by atoms with Crippen LogP contribution in [0.1, 0.15) is 25.5 Å². The topological polar surface area (TPSA) is 82.2 Å². The van der Waals surface area contributed by atoms with Crippen LogP contribution in [0.25, 0.3) is 0 Å². The molecule has 136 valence electrons. The molecule has 0 spiro atoms. The van der Waals surface area contributed by atoms with Crippen molar-refractivity contribution in [1.82, 2.24) is 9.55 Å². The molecule has 25 heavy (non-hydrogen) atoms. The standard InChI is InChI=1S/C16H19BrF2N4O2/c1-9(2)23-15(24)13(17)14(22-16(23)21-6-5-20)25-8-10-3-4-11(18)7-12(10)19/h3-4,7,9H,5-6,8,20H2,1-2H3,(H,21,22). The molecule has 0 unspecified atom stereocenters. The molecule has 1 aromatic carbocycles. The van der Waals surface area contributed by atoms with Crippen molar-refractivity contribution in [2.24, 2.45) is 5.73 Å². The molecule has 0 atom stereocenters. The highest BCUT2D eigenvalue weighted by Gasteiger charge is 2.18. The number of benzene rings is 1. The Balaban J connectivity index is 2.33. The third-order valence-corrected chi connectivity index (χ3v) is 4.03. The fraction of sp³-hybridized carbons (Fsp3) is 0.375. The van der Waals surface area contributed by atoms with Gasteiger partial charge in [0, 0.05) is 30.8 Å². The van der Waals surface area contributed by atoms with Gasteiger partial charge in [0.1, 0.15) is 22.7 Å². The summed E-state index contributed by atoms with van der Waals surface area (Å²) in [5.74, 6) is -1.07. The molecule has 2 rings (SSSR count). The van der Waals surface area contributed by atoms with Crippen molar-refractivity contribution in [2.45, 2.75) is 26.5 Å². The van der Waals surface area contributed by atoms with E-state index >= 15 is 0 Å². The van der Waals surface area contributed by atoms with Gasteiger partial charge in [0.2, 0.25) is 11.8 Å². The fourth-order valence-electron chi connectivity index (χ4n) is 2.16. The third kappa shape index (κ3) is 4.55. The van der Waals surface area contributed by atoms with Crippen LogP contribution in [0.15, 0.2) is 27.5 Å². The average Bonchev–Trinajstić information content (AvgIpc) is 2.55. The van der Waals surface area contributed by atoms with Gasteiger partial charge in [-0.15, -0.1) is 0 Å². The Labute approximate surface area is 152 Å². The summed E-state index contributed by atoms with van der Waals surface area (Å²) < 4.78 is 33.7. The van der Waals surface area contributed by atoms with Crippen LogP contribution in [0.2, 0.25) is 0 Å². The van der Waals surface area contributed by atoms with E-state index in [9.17, 15) is 13.6 Å². The lowest BCUT2D eigenvalue weighted by molar-refractivity contribution is 0.283. The van der Waals surface area contributed by atoms with E-state index < -0.39 is 11.6 Å². The van der Waals surface area contributed by atoms with E-state index in [1.807, 2.05) is 13.8 Å². The van der Waals surface area contributed by atoms with E-state index in [1.165, 1.54) is 10.6 Å². The Kier molecular flexibility index (Phi) is 6.49. The zero-order valence-electron chi connectivity index (χ0n) is 13.9. The van der Waals surface area contributed by atoms with Gasteiger partial charge in [0.15, 0.2) is 0 Å². The van der Waals surface area contributed by atoms with Crippen LogP contribution < -0.4 is 21.3 Å². The molecule has 1 aromatic heterocycles. The number of nitrogens with two attached hydrogens (primary N) is 1. The number of nitrogens with one attached hydrogen (secondary N) is 1. The average molecular weight is 417 g/mol. The predicted molar refractivity (Wildman–Crippen MR) is 94.8 cm³/mol. The summed E-state index contributed by atoms with van der Waals surface area (Å²) in [5, 5.41) is 2.97. The first-order valence-corrected chi connectivity index (χ1v) is 8.47. The van der Waals surface area contributed by atoms with Crippen LogP contribution in [-0.4, -0.2) is 22.6 Å². The Morgan fingerprint density at radius 1 is 1.40 bits per heavy atom. The minimum absolute atomic E-state index is 0.0187. The molecule has 6 nitrogen and oxygen atoms in total. The number of hydrogen-bond acceptors (Lipinski definition) is 5. The lowest BCUT2D eigenvalue weighted by atomic mass is 10.2. The van der Waals surface area contributed by atoms with Crippen molar-refractivity contribution in [1.29, 1.82) is 0 Å². The van der Waals surface area contributed by atoms with Crippen molar-refractivity contribution < 1.29 is 13.5 Å². The summed E-state index contributed by atoms with van der Waals surface area (Å²) in [4.78, 5) is 16.8. The molecule has 0 fully saturated rings. The zero-order chi connectivity index (χ0) is 18.6. The minimum Gasteiger partial charge on any atom is -0.472 e. The highest BCUT2D eigenvalue weighted by atomic mass is 79.9. The van der Waals surface area contributed by atoms with Crippen LogP contribution in [0.5, 0.6) is 5.88 Å². The monoisotopic (exact) mass is 416 g/mol. The molecule has 2 aromatic rings. The van der Waals surface area contributed by atoms with Crippen molar-refractivity contribution in [3.05, 3.63) is 50.2 Å². The first-order chi connectivity index (χ1) is 11.8. The van der Waals surface area contributed by atoms with Gasteiger partial charge in [0.25, 0.3) is 5.56 Å². The van der Waals surface area contributed by atoms with Crippen LogP contribution in [0, 0.1) is 11.6 Å². The molecule has 0 saturated carbocycles. The zero-order valence-corrected chi connectivity index (χ0v) is 15.4. The Morgan fingerprint density at radius 2 is 2.12 bits per heavy atom. The maximum absolute atomic E-state index is 13.7. The van der Waals surface area contributed by atoms with Gasteiger partial charge in [-0.3, -0.25) is 9.36 Å². The van der Waals surface area contributed by atoms with E-state index in [-0.39, 0.29) is 34.1 Å². The summed E-state index contributed by atoms with van der Waals surface area (Å²) in [6.07, 6.45) is 0. The molecule has 0 radical (unpaired) electrons. The maximum Gasteiger partial charge on any atom is 0.273 e. The number of rotatable bonds is 7. The number of ether oxygens (including phenoxy) is 1. The van der Waals surface area contributed by atoms with E-state index in [4.69, 9.17) is 10.5 Å². The van der Waals surface area contributed by atoms with Gasteiger partial charge in [-0.25, -0.2) is 8.78 Å². The molecule has 9 heteroatoms. The van der Waals surface area contributed by atoms with Gasteiger partial charge < -0.3 is 15.8 Å². The van der Waals surface area contributed by atoms with Crippen molar-refractivity contribution in [3.8, 4) is 5.88 Å². The van der Waals surface area contributed by atoms with Crippen LogP contribution in [0.3, 0.4) is 0 Å². The lowest BCUT2D eigenvalue weighted by Crippen LogP contribution is -2.29. The van der Waals surface area contributed by atoms with E-state index in [0.717, 1.165) is 12.1 Å². The predicted octanol–water partition coefficient (Wildman–Crippen LogP) is 2.81. The normalized spacial score (nSPS) is 11.0. The van der Waals surface area contributed by atoms with Crippen LogP contribution in [-0.2, 0) is 6.61 Å². The summed E-state index contributed by atoms with van der Waals surface area (Å²) in [5.41, 5.74) is 5.30. The highest BCUT2D eigenvalue weighted by molar-refractivity contribution is 9.10. The fourth-order valence-corrected chi connectivity index (χ4v) is 2.55. The summed E-state index contributed by atoms with van der Waals surface area (Å²) >= 11 is 3.18. The second-order valence-corrected chi connectivity index (χ2v) is 6.36. The SMILES string of the molecule is CC(C)n1c(NCCN)nc(OCc2ccc(F)cc2F)c(Br)c1=O. The summed E-state index contributed by atoms with van der Waals surface area (Å²) in [6, 6.07) is 3.04. The molecule has 0 bridgehead atoms. The molecular weight excluding hydrogens is 398 g/mol. The Morgan fingerprint density at radius 3 is 2.72 bits per heavy atom. The smallest absolute Gasteiger partial charge is 0.273 e. The second-order valence-electron chi connectivity index (χ2n) is 5.56. The molecule has 0 amide bonds. The number of halogens is 3. The van der Waals surface area contributed by atoms with Crippen LogP contribution >= 0.6 is 15.9 Å². The van der Waals surface area contributed by atoms with E-state index in [1.54, 1.807) is 0 Å². The van der Waals surface area contributed by atoms with Gasteiger partial charge in [0.05, 0.1) is 0 Å². The first-order valence-electron chi connectivity index (χ1n) is 7.67. The van der Waals surface area contributed by atoms with E-state index in [0.29, 0.717) is 19.0 Å². The highest BCUT2D eigenvalue weighted by Crippen LogP contribution is 2.24. The van der Waals surface area contributed by atoms with E-state index in [2.05, 4.69) is 26.2 Å². The molecule has 0 aliphatic carbocycles. The van der Waals surface area contributed by atoms with Crippen molar-refractivity contribution in [2.75, 3.05) is 18.4 Å². The Bertz CT molecular complexity index is 811. The second kappa shape index (κ2) is 8.39. The lowest BCUT2D eigenvalue weighted by Gasteiger charge is -2.18.